The van der Waals surface area contributed by atoms with Crippen molar-refractivity contribution in [2.45, 2.75) is 13.5 Å². The lowest BCUT2D eigenvalue weighted by Crippen LogP contribution is -2.50. The Morgan fingerprint density at radius 2 is 2.17 bits per heavy atom. The fourth-order valence-electron chi connectivity index (χ4n) is 2.33. The molecule has 4 nitrogen and oxygen atoms in total. The number of carboxylic acids is 1. The lowest BCUT2D eigenvalue weighted by molar-refractivity contribution is -0.145. The molecule has 4 heteroatoms. The van der Waals surface area contributed by atoms with E-state index < -0.39 is 5.97 Å². The smallest absolute Gasteiger partial charge is 0.306 e. The molecule has 0 saturated carbocycles. The molecule has 1 N–H and O–H groups in total. The maximum Gasteiger partial charge on any atom is 0.306 e. The molecule has 1 aromatic rings. The number of nitrogens with zero attached hydrogens (tertiary/aromatic N) is 1. The SMILES string of the molecule is COc1ccccc1CN1CC(C(C)C(=O)O)C1. The third-order valence-corrected chi connectivity index (χ3v) is 3.67. The van der Waals surface area contributed by atoms with Gasteiger partial charge in [-0.3, -0.25) is 9.69 Å². The zero-order chi connectivity index (χ0) is 13.1. The van der Waals surface area contributed by atoms with Crippen LogP contribution in [0.15, 0.2) is 24.3 Å². The Kier molecular flexibility index (Phi) is 3.87. The number of carboxylic acid groups (broad SMARTS) is 1. The third-order valence-electron chi connectivity index (χ3n) is 3.67. The molecular weight excluding hydrogens is 230 g/mol. The molecule has 18 heavy (non-hydrogen) atoms. The van der Waals surface area contributed by atoms with Gasteiger partial charge >= 0.3 is 5.97 Å². The van der Waals surface area contributed by atoms with Gasteiger partial charge in [-0.2, -0.15) is 0 Å². The highest BCUT2D eigenvalue weighted by Gasteiger charge is 2.34. The van der Waals surface area contributed by atoms with Crippen molar-refractivity contribution in [2.24, 2.45) is 11.8 Å². The summed E-state index contributed by atoms with van der Waals surface area (Å²) in [5.41, 5.74) is 1.15. The minimum absolute atomic E-state index is 0.251. The van der Waals surface area contributed by atoms with E-state index in [-0.39, 0.29) is 11.8 Å². The van der Waals surface area contributed by atoms with E-state index in [2.05, 4.69) is 4.90 Å². The van der Waals surface area contributed by atoms with Gasteiger partial charge in [0.15, 0.2) is 0 Å². The molecule has 0 aromatic heterocycles. The first-order valence-corrected chi connectivity index (χ1v) is 6.19. The Bertz CT molecular complexity index is 427. The van der Waals surface area contributed by atoms with E-state index in [1.165, 1.54) is 0 Å². The van der Waals surface area contributed by atoms with Crippen molar-refractivity contribution < 1.29 is 14.6 Å². The summed E-state index contributed by atoms with van der Waals surface area (Å²) >= 11 is 0. The molecule has 98 valence electrons. The molecule has 1 atom stereocenters. The largest absolute Gasteiger partial charge is 0.496 e. The molecule has 2 rings (SSSR count). The average molecular weight is 249 g/mol. The maximum absolute atomic E-state index is 10.9. The van der Waals surface area contributed by atoms with Gasteiger partial charge in [0.1, 0.15) is 5.75 Å². The topological polar surface area (TPSA) is 49.8 Å². The van der Waals surface area contributed by atoms with Crippen LogP contribution in [0.2, 0.25) is 0 Å². The van der Waals surface area contributed by atoms with E-state index in [9.17, 15) is 4.79 Å². The van der Waals surface area contributed by atoms with Gasteiger partial charge in [-0.05, 0) is 12.0 Å². The quantitative estimate of drug-likeness (QED) is 0.865. The van der Waals surface area contributed by atoms with Crippen LogP contribution >= 0.6 is 0 Å². The summed E-state index contributed by atoms with van der Waals surface area (Å²) in [6.45, 7) is 4.32. The lowest BCUT2D eigenvalue weighted by Gasteiger charge is -2.41. The predicted octanol–water partition coefficient (Wildman–Crippen LogP) is 1.85. The van der Waals surface area contributed by atoms with Crippen molar-refractivity contribution in [2.75, 3.05) is 20.2 Å². The van der Waals surface area contributed by atoms with Crippen molar-refractivity contribution in [3.05, 3.63) is 29.8 Å². The molecule has 0 aliphatic carbocycles. The van der Waals surface area contributed by atoms with E-state index in [0.717, 1.165) is 30.9 Å². The Hall–Kier alpha value is -1.55. The number of carbonyl (C=O) groups is 1. The van der Waals surface area contributed by atoms with Crippen LogP contribution in [0, 0.1) is 11.8 Å². The van der Waals surface area contributed by atoms with Gasteiger partial charge in [0.25, 0.3) is 0 Å². The van der Waals surface area contributed by atoms with Crippen molar-refractivity contribution in [1.82, 2.24) is 4.90 Å². The monoisotopic (exact) mass is 249 g/mol. The second kappa shape index (κ2) is 5.40. The Morgan fingerprint density at radius 3 is 2.78 bits per heavy atom. The highest BCUT2D eigenvalue weighted by Crippen LogP contribution is 2.28. The summed E-state index contributed by atoms with van der Waals surface area (Å²) < 4.78 is 5.31. The Labute approximate surface area is 107 Å². The van der Waals surface area contributed by atoms with Crippen molar-refractivity contribution in [3.63, 3.8) is 0 Å². The second-order valence-electron chi connectivity index (χ2n) is 4.89. The van der Waals surface area contributed by atoms with Gasteiger partial charge in [0.05, 0.1) is 13.0 Å². The summed E-state index contributed by atoms with van der Waals surface area (Å²) in [4.78, 5) is 13.1. The molecule has 1 aliphatic heterocycles. The highest BCUT2D eigenvalue weighted by molar-refractivity contribution is 5.70. The van der Waals surface area contributed by atoms with Crippen LogP contribution in [0.5, 0.6) is 5.75 Å². The molecule has 1 saturated heterocycles. The molecule has 1 aliphatic rings. The summed E-state index contributed by atoms with van der Waals surface area (Å²) in [5.74, 6) is 0.223. The number of benzene rings is 1. The van der Waals surface area contributed by atoms with Crippen LogP contribution in [0.4, 0.5) is 0 Å². The molecular formula is C14H19NO3. The first-order chi connectivity index (χ1) is 8.61. The average Bonchev–Trinajstić information content (AvgIpc) is 2.32. The van der Waals surface area contributed by atoms with E-state index in [1.807, 2.05) is 24.3 Å². The number of para-hydroxylation sites is 1. The fraction of sp³-hybridized carbons (Fsp3) is 0.500. The number of rotatable bonds is 5. The van der Waals surface area contributed by atoms with Crippen LogP contribution in [-0.2, 0) is 11.3 Å². The fourth-order valence-corrected chi connectivity index (χ4v) is 2.33. The van der Waals surface area contributed by atoms with Crippen LogP contribution in [0.25, 0.3) is 0 Å². The molecule has 0 bridgehead atoms. The zero-order valence-electron chi connectivity index (χ0n) is 10.8. The number of hydrogen-bond acceptors (Lipinski definition) is 3. The molecule has 1 fully saturated rings. The summed E-state index contributed by atoms with van der Waals surface area (Å²) in [6, 6.07) is 7.95. The minimum atomic E-state index is -0.697. The number of aliphatic carboxylic acids is 1. The molecule has 1 aromatic carbocycles. The summed E-state index contributed by atoms with van der Waals surface area (Å²) in [7, 11) is 1.67. The van der Waals surface area contributed by atoms with Gasteiger partial charge in [0.2, 0.25) is 0 Å². The van der Waals surface area contributed by atoms with E-state index in [4.69, 9.17) is 9.84 Å². The van der Waals surface area contributed by atoms with Crippen molar-refractivity contribution in [1.29, 1.82) is 0 Å². The first-order valence-electron chi connectivity index (χ1n) is 6.19. The van der Waals surface area contributed by atoms with Gasteiger partial charge < -0.3 is 9.84 Å². The molecule has 0 amide bonds. The van der Waals surface area contributed by atoms with Gasteiger partial charge in [0, 0.05) is 25.2 Å². The number of methoxy groups -OCH3 is 1. The summed E-state index contributed by atoms with van der Waals surface area (Å²) in [5, 5.41) is 8.94. The number of ether oxygens (including phenoxy) is 1. The van der Waals surface area contributed by atoms with Crippen LogP contribution in [0.1, 0.15) is 12.5 Å². The third kappa shape index (κ3) is 2.64. The van der Waals surface area contributed by atoms with Gasteiger partial charge in [-0.25, -0.2) is 0 Å². The molecule has 0 radical (unpaired) electrons. The maximum atomic E-state index is 10.9. The first kappa shape index (κ1) is 12.9. The van der Waals surface area contributed by atoms with Crippen LogP contribution in [-0.4, -0.2) is 36.2 Å². The molecule has 1 unspecified atom stereocenters. The second-order valence-corrected chi connectivity index (χ2v) is 4.89. The normalized spacial score (nSPS) is 18.1. The Morgan fingerprint density at radius 1 is 1.50 bits per heavy atom. The Balaban J connectivity index is 1.88. The number of likely N-dealkylation sites (tertiary alicyclic amines) is 1. The predicted molar refractivity (Wildman–Crippen MR) is 68.6 cm³/mol. The van der Waals surface area contributed by atoms with Crippen LogP contribution < -0.4 is 4.74 Å². The minimum Gasteiger partial charge on any atom is -0.496 e. The number of hydrogen-bond donors (Lipinski definition) is 1. The van der Waals surface area contributed by atoms with Crippen LogP contribution in [0.3, 0.4) is 0 Å². The van der Waals surface area contributed by atoms with E-state index >= 15 is 0 Å². The highest BCUT2D eigenvalue weighted by atomic mass is 16.5. The summed E-state index contributed by atoms with van der Waals surface area (Å²) in [6.07, 6.45) is 0. The standard InChI is InChI=1S/C14H19NO3/c1-10(14(16)17)12-8-15(9-12)7-11-5-3-4-6-13(11)18-2/h3-6,10,12H,7-9H2,1-2H3,(H,16,17). The molecule has 0 spiro atoms. The van der Waals surface area contributed by atoms with Gasteiger partial charge in [-0.1, -0.05) is 25.1 Å². The van der Waals surface area contributed by atoms with E-state index in [1.54, 1.807) is 14.0 Å². The zero-order valence-corrected chi connectivity index (χ0v) is 10.8. The van der Waals surface area contributed by atoms with Gasteiger partial charge in [-0.15, -0.1) is 0 Å². The lowest BCUT2D eigenvalue weighted by atomic mass is 9.87. The molecule has 1 heterocycles. The van der Waals surface area contributed by atoms with E-state index in [0.29, 0.717) is 0 Å². The van der Waals surface area contributed by atoms with Crippen molar-refractivity contribution in [3.8, 4) is 5.75 Å². The van der Waals surface area contributed by atoms with Crippen molar-refractivity contribution >= 4 is 5.97 Å².